The monoisotopic (exact) mass is 203 g/mol. The van der Waals surface area contributed by atoms with Gasteiger partial charge in [-0.1, -0.05) is 24.6 Å². The number of fused-ring (bicyclic) bond motifs is 1. The van der Waals surface area contributed by atoms with Gasteiger partial charge in [0, 0.05) is 6.04 Å². The molecule has 1 aromatic carbocycles. The van der Waals surface area contributed by atoms with Gasteiger partial charge in [-0.25, -0.2) is 0 Å². The molecule has 2 atom stereocenters. The van der Waals surface area contributed by atoms with Gasteiger partial charge in [0.2, 0.25) is 0 Å². The van der Waals surface area contributed by atoms with E-state index in [9.17, 15) is 0 Å². The zero-order chi connectivity index (χ0) is 11.0. The fraction of sp³-hybridized carbons (Fsp3) is 0.571. The van der Waals surface area contributed by atoms with E-state index in [1.54, 1.807) is 5.56 Å². The lowest BCUT2D eigenvalue weighted by Crippen LogP contribution is -2.26. The maximum absolute atomic E-state index is 3.44. The summed E-state index contributed by atoms with van der Waals surface area (Å²) in [6, 6.07) is 5.22. The van der Waals surface area contributed by atoms with Gasteiger partial charge in [-0.15, -0.1) is 0 Å². The van der Waals surface area contributed by atoms with E-state index < -0.39 is 0 Å². The molecule has 2 unspecified atom stereocenters. The van der Waals surface area contributed by atoms with Crippen molar-refractivity contribution in [2.45, 2.75) is 39.7 Å². The van der Waals surface area contributed by atoms with Gasteiger partial charge in [-0.3, -0.25) is 0 Å². The lowest BCUT2D eigenvalue weighted by molar-refractivity contribution is 0.398. The van der Waals surface area contributed by atoms with Crippen molar-refractivity contribution in [2.75, 3.05) is 7.05 Å². The number of aryl methyl sites for hydroxylation is 2. The predicted octanol–water partition coefficient (Wildman–Crippen LogP) is 3.15. The quantitative estimate of drug-likeness (QED) is 0.739. The lowest BCUT2D eigenvalue weighted by Gasteiger charge is -2.31. The van der Waals surface area contributed by atoms with Crippen LogP contribution in [0.15, 0.2) is 12.1 Å². The normalized spacial score (nSPS) is 25.1. The van der Waals surface area contributed by atoms with Crippen LogP contribution < -0.4 is 5.32 Å². The van der Waals surface area contributed by atoms with Crippen LogP contribution in [0, 0.1) is 19.8 Å². The van der Waals surface area contributed by atoms with E-state index in [-0.39, 0.29) is 0 Å². The Morgan fingerprint density at radius 3 is 2.67 bits per heavy atom. The smallest absolute Gasteiger partial charge is 0.0323 e. The van der Waals surface area contributed by atoms with Gasteiger partial charge in [0.15, 0.2) is 0 Å². The molecule has 1 heteroatoms. The molecule has 0 spiro atoms. The predicted molar refractivity (Wildman–Crippen MR) is 65.2 cm³/mol. The number of rotatable bonds is 1. The lowest BCUT2D eigenvalue weighted by atomic mass is 9.79. The van der Waals surface area contributed by atoms with E-state index >= 15 is 0 Å². The summed E-state index contributed by atoms with van der Waals surface area (Å²) in [5.74, 6) is 0.802. The molecule has 82 valence electrons. The van der Waals surface area contributed by atoms with Crippen LogP contribution in [0.2, 0.25) is 0 Å². The number of benzene rings is 1. The van der Waals surface area contributed by atoms with Gasteiger partial charge < -0.3 is 5.32 Å². The number of hydrogen-bond donors (Lipinski definition) is 1. The Hall–Kier alpha value is -0.820. The molecule has 1 N–H and O–H groups in total. The summed E-state index contributed by atoms with van der Waals surface area (Å²) in [7, 11) is 2.07. The third-order valence-electron chi connectivity index (χ3n) is 3.57. The molecule has 1 nitrogen and oxygen atoms in total. The van der Waals surface area contributed by atoms with Crippen molar-refractivity contribution >= 4 is 0 Å². The summed E-state index contributed by atoms with van der Waals surface area (Å²) < 4.78 is 0. The van der Waals surface area contributed by atoms with E-state index in [1.165, 1.54) is 29.5 Å². The zero-order valence-electron chi connectivity index (χ0n) is 10.2. The van der Waals surface area contributed by atoms with Gasteiger partial charge in [-0.2, -0.15) is 0 Å². The summed E-state index contributed by atoms with van der Waals surface area (Å²) in [5.41, 5.74) is 5.98. The SMILES string of the molecule is CNC1CC(C)Cc2c(C)cc(C)cc21. The molecule has 0 heterocycles. The Balaban J connectivity index is 2.51. The summed E-state index contributed by atoms with van der Waals surface area (Å²) in [6.07, 6.45) is 2.52. The molecule has 1 aliphatic carbocycles. The first-order valence-electron chi connectivity index (χ1n) is 5.89. The molecule has 0 saturated heterocycles. The van der Waals surface area contributed by atoms with Crippen molar-refractivity contribution in [3.63, 3.8) is 0 Å². The molecule has 15 heavy (non-hydrogen) atoms. The second-order valence-corrected chi connectivity index (χ2v) is 5.04. The van der Waals surface area contributed by atoms with Crippen LogP contribution in [0.25, 0.3) is 0 Å². The minimum absolute atomic E-state index is 0.558. The standard InChI is InChI=1S/C14H21N/c1-9-5-11(3)12-6-10(2)8-14(15-4)13(12)7-9/h5,7,10,14-15H,6,8H2,1-4H3. The molecule has 1 aromatic rings. The van der Waals surface area contributed by atoms with E-state index in [0.717, 1.165) is 5.92 Å². The summed E-state index contributed by atoms with van der Waals surface area (Å²) >= 11 is 0. The third kappa shape index (κ3) is 1.93. The van der Waals surface area contributed by atoms with Crippen LogP contribution in [-0.4, -0.2) is 7.05 Å². The Labute approximate surface area is 92.9 Å². The summed E-state index contributed by atoms with van der Waals surface area (Å²) in [5, 5.41) is 3.44. The molecule has 0 bridgehead atoms. The second-order valence-electron chi connectivity index (χ2n) is 5.04. The first kappa shape index (κ1) is 10.7. The minimum Gasteiger partial charge on any atom is -0.313 e. The van der Waals surface area contributed by atoms with Gasteiger partial charge in [-0.05, 0) is 56.3 Å². The van der Waals surface area contributed by atoms with Crippen LogP contribution in [0.4, 0.5) is 0 Å². The van der Waals surface area contributed by atoms with Crippen molar-refractivity contribution < 1.29 is 0 Å². The molecule has 2 rings (SSSR count). The maximum Gasteiger partial charge on any atom is 0.0323 e. The maximum atomic E-state index is 3.44. The molecular weight excluding hydrogens is 182 g/mol. The number of hydrogen-bond acceptors (Lipinski definition) is 1. The fourth-order valence-corrected chi connectivity index (χ4v) is 2.85. The molecule has 0 aliphatic heterocycles. The second kappa shape index (κ2) is 3.97. The van der Waals surface area contributed by atoms with Gasteiger partial charge in [0.25, 0.3) is 0 Å². The van der Waals surface area contributed by atoms with Crippen LogP contribution >= 0.6 is 0 Å². The summed E-state index contributed by atoms with van der Waals surface area (Å²) in [6.45, 7) is 6.79. The van der Waals surface area contributed by atoms with Gasteiger partial charge in [0.05, 0.1) is 0 Å². The first-order chi connectivity index (χ1) is 7.11. The van der Waals surface area contributed by atoms with Crippen LogP contribution in [-0.2, 0) is 6.42 Å². The van der Waals surface area contributed by atoms with Crippen molar-refractivity contribution in [1.82, 2.24) is 5.32 Å². The van der Waals surface area contributed by atoms with Crippen LogP contribution in [0.3, 0.4) is 0 Å². The van der Waals surface area contributed by atoms with E-state index in [4.69, 9.17) is 0 Å². The zero-order valence-corrected chi connectivity index (χ0v) is 10.2. The third-order valence-corrected chi connectivity index (χ3v) is 3.57. The van der Waals surface area contributed by atoms with E-state index in [2.05, 4.69) is 45.3 Å². The Morgan fingerprint density at radius 1 is 1.27 bits per heavy atom. The van der Waals surface area contributed by atoms with E-state index in [0.29, 0.717) is 6.04 Å². The highest BCUT2D eigenvalue weighted by atomic mass is 14.9. The van der Waals surface area contributed by atoms with Gasteiger partial charge >= 0.3 is 0 Å². The van der Waals surface area contributed by atoms with Crippen molar-refractivity contribution in [3.05, 3.63) is 34.4 Å². The number of nitrogens with one attached hydrogen (secondary N) is 1. The fourth-order valence-electron chi connectivity index (χ4n) is 2.85. The van der Waals surface area contributed by atoms with Crippen molar-refractivity contribution in [1.29, 1.82) is 0 Å². The average molecular weight is 203 g/mol. The minimum atomic E-state index is 0.558. The molecule has 0 radical (unpaired) electrons. The van der Waals surface area contributed by atoms with Gasteiger partial charge in [0.1, 0.15) is 0 Å². The van der Waals surface area contributed by atoms with Crippen LogP contribution in [0.1, 0.15) is 41.6 Å². The molecule has 0 saturated carbocycles. The highest BCUT2D eigenvalue weighted by Crippen LogP contribution is 2.35. The largest absolute Gasteiger partial charge is 0.313 e. The topological polar surface area (TPSA) is 12.0 Å². The molecular formula is C14H21N. The first-order valence-corrected chi connectivity index (χ1v) is 5.89. The Morgan fingerprint density at radius 2 is 2.00 bits per heavy atom. The van der Waals surface area contributed by atoms with Crippen LogP contribution in [0.5, 0.6) is 0 Å². The molecule has 1 aliphatic rings. The summed E-state index contributed by atoms with van der Waals surface area (Å²) in [4.78, 5) is 0. The Bertz CT molecular complexity index is 368. The molecule has 0 amide bonds. The molecule has 0 fully saturated rings. The van der Waals surface area contributed by atoms with Crippen molar-refractivity contribution in [3.8, 4) is 0 Å². The Kier molecular flexibility index (Phi) is 2.83. The highest BCUT2D eigenvalue weighted by Gasteiger charge is 2.24. The average Bonchev–Trinajstić information content (AvgIpc) is 2.18. The molecule has 0 aromatic heterocycles. The van der Waals surface area contributed by atoms with Crippen molar-refractivity contribution in [2.24, 2.45) is 5.92 Å². The van der Waals surface area contributed by atoms with E-state index in [1.807, 2.05) is 0 Å². The highest BCUT2D eigenvalue weighted by molar-refractivity contribution is 5.41.